The predicted molar refractivity (Wildman–Crippen MR) is 99.0 cm³/mol. The summed E-state index contributed by atoms with van der Waals surface area (Å²) in [5.41, 5.74) is 6.34. The number of aromatic amines is 1. The van der Waals surface area contributed by atoms with Crippen molar-refractivity contribution in [2.45, 2.75) is 19.3 Å². The molecule has 0 bridgehead atoms. The zero-order chi connectivity index (χ0) is 17.5. The van der Waals surface area contributed by atoms with Crippen LogP contribution in [0.15, 0.2) is 49.1 Å². The van der Waals surface area contributed by atoms with Crippen molar-refractivity contribution in [3.8, 4) is 17.2 Å². The third-order valence-corrected chi connectivity index (χ3v) is 5.08. The molecule has 1 N–H and O–H groups in total. The number of nitrogens with one attached hydrogen (secondary N) is 1. The second-order valence-corrected chi connectivity index (χ2v) is 6.63. The van der Waals surface area contributed by atoms with Gasteiger partial charge >= 0.3 is 0 Å². The van der Waals surface area contributed by atoms with Gasteiger partial charge in [0.05, 0.1) is 41.1 Å². The number of nitriles is 1. The molecule has 126 valence electrons. The van der Waals surface area contributed by atoms with E-state index in [0.717, 1.165) is 52.5 Å². The largest absolute Gasteiger partial charge is 0.278 e. The Morgan fingerprint density at radius 3 is 3.08 bits per heavy atom. The van der Waals surface area contributed by atoms with Crippen molar-refractivity contribution in [1.29, 1.82) is 5.26 Å². The summed E-state index contributed by atoms with van der Waals surface area (Å²) >= 11 is 0. The van der Waals surface area contributed by atoms with Crippen molar-refractivity contribution < 1.29 is 0 Å². The van der Waals surface area contributed by atoms with E-state index in [1.165, 1.54) is 5.57 Å². The summed E-state index contributed by atoms with van der Waals surface area (Å²) in [6.45, 7) is 0. The Morgan fingerprint density at radius 2 is 2.23 bits per heavy atom. The van der Waals surface area contributed by atoms with Crippen LogP contribution < -0.4 is 0 Å². The zero-order valence-corrected chi connectivity index (χ0v) is 14.1. The monoisotopic (exact) mass is 340 g/mol. The average Bonchev–Trinajstić information content (AvgIpc) is 3.34. The summed E-state index contributed by atoms with van der Waals surface area (Å²) in [4.78, 5) is 4.66. The van der Waals surface area contributed by atoms with Crippen LogP contribution in [-0.2, 0) is 0 Å². The summed E-state index contributed by atoms with van der Waals surface area (Å²) in [6.07, 6.45) is 12.1. The molecule has 0 spiro atoms. The van der Waals surface area contributed by atoms with E-state index in [9.17, 15) is 0 Å². The van der Waals surface area contributed by atoms with Gasteiger partial charge in [0.25, 0.3) is 0 Å². The number of H-pyrrole nitrogens is 1. The fraction of sp³-hybridized carbons (Fsp3) is 0.200. The smallest absolute Gasteiger partial charge is 0.0999 e. The molecule has 0 fully saturated rings. The molecule has 3 aromatic heterocycles. The first-order chi connectivity index (χ1) is 12.8. The highest BCUT2D eigenvalue weighted by molar-refractivity contribution is 5.92. The van der Waals surface area contributed by atoms with E-state index < -0.39 is 0 Å². The molecule has 4 aromatic rings. The normalized spacial score (nSPS) is 17.3. The fourth-order valence-electron chi connectivity index (χ4n) is 3.67. The van der Waals surface area contributed by atoms with E-state index in [-0.39, 0.29) is 5.92 Å². The van der Waals surface area contributed by atoms with Crippen LogP contribution in [0, 0.1) is 17.2 Å². The standard InChI is InChI=1S/C20H16N6/c21-10-13-1-3-14(4-2-13)19-20-17(12-24-26(20)8-7-22-19)15-5-6-18-16(9-15)11-23-25-18/h3,5-9,11-13H,1-2,4H2,(H,23,25). The number of benzene rings is 1. The third kappa shape index (κ3) is 2.29. The summed E-state index contributed by atoms with van der Waals surface area (Å²) in [5.74, 6) is 0.117. The zero-order valence-electron chi connectivity index (χ0n) is 14.1. The Bertz CT molecular complexity index is 1190. The van der Waals surface area contributed by atoms with Gasteiger partial charge in [-0.15, -0.1) is 0 Å². The van der Waals surface area contributed by atoms with Crippen molar-refractivity contribution in [2.75, 3.05) is 0 Å². The van der Waals surface area contributed by atoms with Gasteiger partial charge < -0.3 is 0 Å². The van der Waals surface area contributed by atoms with Gasteiger partial charge in [-0.05, 0) is 42.5 Å². The highest BCUT2D eigenvalue weighted by atomic mass is 15.2. The first-order valence-electron chi connectivity index (χ1n) is 8.68. The maximum Gasteiger partial charge on any atom is 0.0999 e. The molecule has 0 radical (unpaired) electrons. The highest BCUT2D eigenvalue weighted by Crippen LogP contribution is 2.35. The number of aromatic nitrogens is 5. The van der Waals surface area contributed by atoms with Crippen molar-refractivity contribution in [2.24, 2.45) is 5.92 Å². The van der Waals surface area contributed by atoms with Gasteiger partial charge in [0.2, 0.25) is 0 Å². The molecule has 6 nitrogen and oxygen atoms in total. The molecule has 0 aliphatic heterocycles. The fourth-order valence-corrected chi connectivity index (χ4v) is 3.67. The van der Waals surface area contributed by atoms with Crippen LogP contribution in [0.25, 0.3) is 33.1 Å². The van der Waals surface area contributed by atoms with E-state index in [1.807, 2.05) is 29.2 Å². The minimum atomic E-state index is 0.117. The van der Waals surface area contributed by atoms with Gasteiger partial charge in [0.1, 0.15) is 0 Å². The van der Waals surface area contributed by atoms with Crippen molar-refractivity contribution in [3.05, 3.63) is 54.8 Å². The molecule has 6 heteroatoms. The maximum absolute atomic E-state index is 9.13. The highest BCUT2D eigenvalue weighted by Gasteiger charge is 2.20. The molecule has 26 heavy (non-hydrogen) atoms. The molecular formula is C20H16N6. The number of hydrogen-bond acceptors (Lipinski definition) is 4. The van der Waals surface area contributed by atoms with E-state index in [2.05, 4.69) is 44.6 Å². The van der Waals surface area contributed by atoms with Crippen LogP contribution in [0.4, 0.5) is 0 Å². The van der Waals surface area contributed by atoms with Crippen LogP contribution >= 0.6 is 0 Å². The Hall–Kier alpha value is -3.46. The number of hydrogen-bond donors (Lipinski definition) is 1. The second-order valence-electron chi connectivity index (χ2n) is 6.63. The van der Waals surface area contributed by atoms with E-state index in [1.54, 1.807) is 6.20 Å². The topological polar surface area (TPSA) is 82.7 Å². The Morgan fingerprint density at radius 1 is 1.27 bits per heavy atom. The summed E-state index contributed by atoms with van der Waals surface area (Å²) in [5, 5.41) is 21.8. The van der Waals surface area contributed by atoms with Crippen LogP contribution in [0.3, 0.4) is 0 Å². The first kappa shape index (κ1) is 14.8. The molecule has 1 atom stereocenters. The van der Waals surface area contributed by atoms with Crippen LogP contribution in [-0.4, -0.2) is 24.8 Å². The molecule has 1 aromatic carbocycles. The summed E-state index contributed by atoms with van der Waals surface area (Å²) in [6, 6.07) is 8.60. The SMILES string of the molecule is N#CC1CC=C(c2nccn3ncc(-c4ccc5[nH]ncc5c4)c23)CC1. The van der Waals surface area contributed by atoms with E-state index in [4.69, 9.17) is 5.26 Å². The molecule has 3 heterocycles. The number of fused-ring (bicyclic) bond motifs is 2. The molecule has 5 rings (SSSR count). The quantitative estimate of drug-likeness (QED) is 0.598. The van der Waals surface area contributed by atoms with Gasteiger partial charge in [0, 0.05) is 23.3 Å². The molecule has 1 aliphatic carbocycles. The Labute approximate surface area is 149 Å². The first-order valence-corrected chi connectivity index (χ1v) is 8.68. The third-order valence-electron chi connectivity index (χ3n) is 5.08. The summed E-state index contributed by atoms with van der Waals surface area (Å²) < 4.78 is 1.88. The lowest BCUT2D eigenvalue weighted by molar-refractivity contribution is 0.603. The maximum atomic E-state index is 9.13. The van der Waals surface area contributed by atoms with Gasteiger partial charge in [0.15, 0.2) is 0 Å². The van der Waals surface area contributed by atoms with Gasteiger partial charge in [-0.3, -0.25) is 10.1 Å². The van der Waals surface area contributed by atoms with Gasteiger partial charge in [-0.25, -0.2) is 4.52 Å². The molecular weight excluding hydrogens is 324 g/mol. The predicted octanol–water partition coefficient (Wildman–Crippen LogP) is 3.98. The Balaban J connectivity index is 1.68. The van der Waals surface area contributed by atoms with Crippen molar-refractivity contribution in [3.63, 3.8) is 0 Å². The molecule has 0 saturated heterocycles. The van der Waals surface area contributed by atoms with Gasteiger partial charge in [-0.2, -0.15) is 15.5 Å². The van der Waals surface area contributed by atoms with Crippen LogP contribution in [0.5, 0.6) is 0 Å². The van der Waals surface area contributed by atoms with E-state index in [0.29, 0.717) is 0 Å². The minimum Gasteiger partial charge on any atom is -0.278 e. The van der Waals surface area contributed by atoms with Crippen molar-refractivity contribution >= 4 is 22.0 Å². The van der Waals surface area contributed by atoms with Crippen LogP contribution in [0.1, 0.15) is 25.0 Å². The number of allylic oxidation sites excluding steroid dienone is 2. The van der Waals surface area contributed by atoms with Crippen molar-refractivity contribution in [1.82, 2.24) is 24.8 Å². The molecule has 0 saturated carbocycles. The lowest BCUT2D eigenvalue weighted by Gasteiger charge is -2.17. The van der Waals surface area contributed by atoms with E-state index >= 15 is 0 Å². The van der Waals surface area contributed by atoms with Gasteiger partial charge in [-0.1, -0.05) is 12.1 Å². The number of rotatable bonds is 2. The second kappa shape index (κ2) is 5.81. The minimum absolute atomic E-state index is 0.117. The Kier molecular flexibility index (Phi) is 3.32. The molecule has 1 aliphatic rings. The van der Waals surface area contributed by atoms with Crippen LogP contribution in [0.2, 0.25) is 0 Å². The lowest BCUT2D eigenvalue weighted by atomic mass is 9.88. The molecule has 1 unspecified atom stereocenters. The summed E-state index contributed by atoms with van der Waals surface area (Å²) in [7, 11) is 0. The average molecular weight is 340 g/mol. The lowest BCUT2D eigenvalue weighted by Crippen LogP contribution is -2.05. The molecule has 0 amide bonds. The number of nitrogens with zero attached hydrogens (tertiary/aromatic N) is 5.